The van der Waals surface area contributed by atoms with Crippen LogP contribution in [0.25, 0.3) is 0 Å². The maximum Gasteiger partial charge on any atom is 0.243 e. The number of hydrogen-bond donors (Lipinski definition) is 2. The lowest BCUT2D eigenvalue weighted by molar-refractivity contribution is -0.127. The number of nitrogens with one attached hydrogen (secondary N) is 1. The molecule has 7 nitrogen and oxygen atoms in total. The van der Waals surface area contributed by atoms with Crippen LogP contribution in [0.5, 0.6) is 0 Å². The van der Waals surface area contributed by atoms with Crippen LogP contribution >= 0.6 is 0 Å². The van der Waals surface area contributed by atoms with E-state index in [1.807, 2.05) is 14.0 Å². The molecule has 0 aliphatic carbocycles. The molecule has 1 aromatic rings. The van der Waals surface area contributed by atoms with Crippen molar-refractivity contribution in [3.63, 3.8) is 0 Å². The summed E-state index contributed by atoms with van der Waals surface area (Å²) in [6.07, 6.45) is 2.14. The zero-order valence-electron chi connectivity index (χ0n) is 10.0. The molecular weight excluding hydrogens is 222 g/mol. The lowest BCUT2D eigenvalue weighted by atomic mass is 9.99. The molecule has 94 valence electrons. The molecule has 1 aliphatic heterocycles. The fourth-order valence-corrected chi connectivity index (χ4v) is 1.85. The number of ether oxygens (including phenoxy) is 1. The van der Waals surface area contributed by atoms with Gasteiger partial charge in [0.2, 0.25) is 5.91 Å². The smallest absolute Gasteiger partial charge is 0.243 e. The van der Waals surface area contributed by atoms with Crippen molar-refractivity contribution in [1.29, 1.82) is 0 Å². The van der Waals surface area contributed by atoms with Crippen LogP contribution in [0.1, 0.15) is 25.2 Å². The summed E-state index contributed by atoms with van der Waals surface area (Å²) in [5, 5.41) is 10.6. The van der Waals surface area contributed by atoms with Gasteiger partial charge in [-0.3, -0.25) is 4.79 Å². The second-order valence-electron chi connectivity index (χ2n) is 4.45. The monoisotopic (exact) mass is 239 g/mol. The van der Waals surface area contributed by atoms with Gasteiger partial charge in [-0.25, -0.2) is 0 Å². The van der Waals surface area contributed by atoms with Gasteiger partial charge >= 0.3 is 0 Å². The SMILES string of the molecule is CC(NC(=O)C1(N)CCOC1)c1nncn1C. The molecule has 7 heteroatoms. The molecule has 1 aromatic heterocycles. The molecule has 3 N–H and O–H groups in total. The minimum absolute atomic E-state index is 0.203. The van der Waals surface area contributed by atoms with Crippen molar-refractivity contribution in [1.82, 2.24) is 20.1 Å². The first-order valence-corrected chi connectivity index (χ1v) is 5.54. The first kappa shape index (κ1) is 12.0. The van der Waals surface area contributed by atoms with E-state index in [-0.39, 0.29) is 18.6 Å². The number of nitrogens with zero attached hydrogens (tertiary/aromatic N) is 3. The molecule has 0 spiro atoms. The van der Waals surface area contributed by atoms with E-state index < -0.39 is 5.54 Å². The van der Waals surface area contributed by atoms with Crippen molar-refractivity contribution in [2.45, 2.75) is 24.9 Å². The molecule has 1 amide bonds. The van der Waals surface area contributed by atoms with E-state index in [1.54, 1.807) is 10.9 Å². The standard InChI is InChI=1S/C10H17N5O2/c1-7(8-14-12-6-15(8)2)13-9(16)10(11)3-4-17-5-10/h6-7H,3-5,11H2,1-2H3,(H,13,16). The van der Waals surface area contributed by atoms with Gasteiger partial charge in [0.25, 0.3) is 0 Å². The molecule has 1 aliphatic rings. The summed E-state index contributed by atoms with van der Waals surface area (Å²) in [7, 11) is 1.83. The van der Waals surface area contributed by atoms with Crippen LogP contribution in [0.3, 0.4) is 0 Å². The Morgan fingerprint density at radius 1 is 1.76 bits per heavy atom. The van der Waals surface area contributed by atoms with Gasteiger partial charge in [0.15, 0.2) is 5.82 Å². The molecule has 0 aromatic carbocycles. The van der Waals surface area contributed by atoms with E-state index in [1.165, 1.54) is 0 Å². The van der Waals surface area contributed by atoms with Crippen molar-refractivity contribution in [2.75, 3.05) is 13.2 Å². The van der Waals surface area contributed by atoms with E-state index >= 15 is 0 Å². The minimum Gasteiger partial charge on any atom is -0.379 e. The maximum absolute atomic E-state index is 12.0. The zero-order valence-corrected chi connectivity index (χ0v) is 10.0. The molecular formula is C10H17N5O2. The summed E-state index contributed by atoms with van der Waals surface area (Å²) in [6.45, 7) is 2.65. The zero-order chi connectivity index (χ0) is 12.5. The molecule has 17 heavy (non-hydrogen) atoms. The molecule has 1 fully saturated rings. The van der Waals surface area contributed by atoms with Gasteiger partial charge in [-0.2, -0.15) is 0 Å². The molecule has 0 bridgehead atoms. The number of carbonyl (C=O) groups excluding carboxylic acids is 1. The van der Waals surface area contributed by atoms with Crippen LogP contribution in [0, 0.1) is 0 Å². The molecule has 0 radical (unpaired) electrons. The van der Waals surface area contributed by atoms with Crippen molar-refractivity contribution in [3.8, 4) is 0 Å². The third kappa shape index (κ3) is 2.29. The van der Waals surface area contributed by atoms with E-state index in [9.17, 15) is 4.79 Å². The summed E-state index contributed by atoms with van der Waals surface area (Å²) in [5.74, 6) is 0.492. The van der Waals surface area contributed by atoms with Gasteiger partial charge in [0, 0.05) is 13.7 Å². The lowest BCUT2D eigenvalue weighted by Gasteiger charge is -2.23. The number of aromatic nitrogens is 3. The normalized spacial score (nSPS) is 25.8. The van der Waals surface area contributed by atoms with Crippen molar-refractivity contribution in [2.24, 2.45) is 12.8 Å². The van der Waals surface area contributed by atoms with Gasteiger partial charge < -0.3 is 20.4 Å². The summed E-state index contributed by atoms with van der Waals surface area (Å²) >= 11 is 0. The van der Waals surface area contributed by atoms with E-state index in [0.717, 1.165) is 0 Å². The third-order valence-electron chi connectivity index (χ3n) is 2.99. The van der Waals surface area contributed by atoms with E-state index in [0.29, 0.717) is 18.9 Å². The second kappa shape index (κ2) is 4.42. The Kier molecular flexibility index (Phi) is 3.12. The summed E-state index contributed by atoms with van der Waals surface area (Å²) in [5.41, 5.74) is 5.05. The molecule has 2 heterocycles. The quantitative estimate of drug-likeness (QED) is 0.713. The van der Waals surface area contributed by atoms with Crippen molar-refractivity contribution >= 4 is 5.91 Å². The topological polar surface area (TPSA) is 95.1 Å². The number of hydrogen-bond acceptors (Lipinski definition) is 5. The number of carbonyl (C=O) groups is 1. The fraction of sp³-hybridized carbons (Fsp3) is 0.700. The molecule has 1 saturated heterocycles. The highest BCUT2D eigenvalue weighted by molar-refractivity contribution is 5.86. The minimum atomic E-state index is -0.910. The van der Waals surface area contributed by atoms with Crippen molar-refractivity contribution < 1.29 is 9.53 Å². The Morgan fingerprint density at radius 3 is 3.06 bits per heavy atom. The Morgan fingerprint density at radius 2 is 2.53 bits per heavy atom. The fourth-order valence-electron chi connectivity index (χ4n) is 1.85. The first-order valence-electron chi connectivity index (χ1n) is 5.54. The van der Waals surface area contributed by atoms with Gasteiger partial charge in [-0.15, -0.1) is 10.2 Å². The third-order valence-corrected chi connectivity index (χ3v) is 2.99. The molecule has 2 rings (SSSR count). The molecule has 2 atom stereocenters. The highest BCUT2D eigenvalue weighted by atomic mass is 16.5. The number of rotatable bonds is 3. The molecule has 0 saturated carbocycles. The van der Waals surface area contributed by atoms with Crippen LogP contribution in [0.2, 0.25) is 0 Å². The number of nitrogens with two attached hydrogens (primary N) is 1. The highest BCUT2D eigenvalue weighted by Gasteiger charge is 2.39. The van der Waals surface area contributed by atoms with Gasteiger partial charge in [0.05, 0.1) is 12.6 Å². The predicted molar refractivity (Wildman–Crippen MR) is 59.9 cm³/mol. The van der Waals surface area contributed by atoms with Crippen LogP contribution in [0.4, 0.5) is 0 Å². The van der Waals surface area contributed by atoms with Crippen LogP contribution < -0.4 is 11.1 Å². The maximum atomic E-state index is 12.0. The van der Waals surface area contributed by atoms with Gasteiger partial charge in [-0.05, 0) is 13.3 Å². The first-order chi connectivity index (χ1) is 8.03. The van der Waals surface area contributed by atoms with Crippen LogP contribution in [-0.2, 0) is 16.6 Å². The second-order valence-corrected chi connectivity index (χ2v) is 4.45. The molecule has 2 unspecified atom stereocenters. The van der Waals surface area contributed by atoms with Crippen LogP contribution in [-0.4, -0.2) is 39.4 Å². The van der Waals surface area contributed by atoms with Crippen LogP contribution in [0.15, 0.2) is 6.33 Å². The van der Waals surface area contributed by atoms with E-state index in [2.05, 4.69) is 15.5 Å². The van der Waals surface area contributed by atoms with Crippen molar-refractivity contribution in [3.05, 3.63) is 12.2 Å². The summed E-state index contributed by atoms with van der Waals surface area (Å²) < 4.78 is 6.92. The Balaban J connectivity index is 2.02. The van der Waals surface area contributed by atoms with Gasteiger partial charge in [0.1, 0.15) is 11.9 Å². The highest BCUT2D eigenvalue weighted by Crippen LogP contribution is 2.17. The average Bonchev–Trinajstić information content (AvgIpc) is 2.88. The Labute approximate surface area is 99.3 Å². The predicted octanol–water partition coefficient (Wildman–Crippen LogP) is -0.890. The van der Waals surface area contributed by atoms with Gasteiger partial charge in [-0.1, -0.05) is 0 Å². The largest absolute Gasteiger partial charge is 0.379 e. The number of aryl methyl sites for hydroxylation is 1. The summed E-state index contributed by atoms with van der Waals surface area (Å²) in [4.78, 5) is 12.0. The lowest BCUT2D eigenvalue weighted by Crippen LogP contribution is -2.55. The van der Waals surface area contributed by atoms with E-state index in [4.69, 9.17) is 10.5 Å². The average molecular weight is 239 g/mol. The Hall–Kier alpha value is -1.47. The number of amides is 1. The Bertz CT molecular complexity index is 411. The summed E-state index contributed by atoms with van der Waals surface area (Å²) in [6, 6.07) is -0.226.